The molecule has 1 aliphatic carbocycles. The lowest BCUT2D eigenvalue weighted by atomic mass is 10.0. The fourth-order valence-corrected chi connectivity index (χ4v) is 2.17. The second kappa shape index (κ2) is 5.56. The van der Waals surface area contributed by atoms with Gasteiger partial charge in [0.1, 0.15) is 5.60 Å². The average molecular weight is 258 g/mol. The highest BCUT2D eigenvalue weighted by Gasteiger charge is 2.36. The van der Waals surface area contributed by atoms with Gasteiger partial charge < -0.3 is 20.9 Å². The van der Waals surface area contributed by atoms with Crippen molar-refractivity contribution in [3.63, 3.8) is 0 Å². The number of rotatable bonds is 3. The molecule has 1 aliphatic rings. The van der Waals surface area contributed by atoms with Gasteiger partial charge in [0.05, 0.1) is 5.92 Å². The molecule has 18 heavy (non-hydrogen) atoms. The summed E-state index contributed by atoms with van der Waals surface area (Å²) in [4.78, 5) is 22.3. The quantitative estimate of drug-likeness (QED) is 0.699. The maximum absolute atomic E-state index is 11.4. The number of aliphatic carboxylic acids is 1. The number of hydrogen-bond acceptors (Lipinski definition) is 4. The molecule has 0 heterocycles. The van der Waals surface area contributed by atoms with Crippen molar-refractivity contribution >= 4 is 12.1 Å². The van der Waals surface area contributed by atoms with Crippen LogP contribution >= 0.6 is 0 Å². The Morgan fingerprint density at radius 1 is 1.39 bits per heavy atom. The molecule has 104 valence electrons. The lowest BCUT2D eigenvalue weighted by molar-refractivity contribution is -0.141. The van der Waals surface area contributed by atoms with Gasteiger partial charge in [-0.2, -0.15) is 0 Å². The average Bonchev–Trinajstić information content (AvgIpc) is 2.54. The third-order valence-electron chi connectivity index (χ3n) is 2.96. The summed E-state index contributed by atoms with van der Waals surface area (Å²) in [6.45, 7) is 5.78. The Kier molecular flexibility index (Phi) is 4.56. The number of nitrogens with one attached hydrogen (secondary N) is 1. The Morgan fingerprint density at radius 3 is 2.44 bits per heavy atom. The molecule has 1 saturated carbocycles. The number of amides is 1. The van der Waals surface area contributed by atoms with Gasteiger partial charge in [-0.3, -0.25) is 4.79 Å². The number of carboxylic acid groups (broad SMARTS) is 1. The van der Waals surface area contributed by atoms with Crippen molar-refractivity contribution in [2.24, 2.45) is 17.6 Å². The third-order valence-corrected chi connectivity index (χ3v) is 2.96. The van der Waals surface area contributed by atoms with Crippen molar-refractivity contribution in [3.05, 3.63) is 0 Å². The fourth-order valence-electron chi connectivity index (χ4n) is 2.17. The zero-order valence-electron chi connectivity index (χ0n) is 11.1. The van der Waals surface area contributed by atoms with Crippen LogP contribution < -0.4 is 11.1 Å². The summed E-state index contributed by atoms with van der Waals surface area (Å²) in [7, 11) is 0. The van der Waals surface area contributed by atoms with E-state index in [1.807, 2.05) is 0 Å². The molecule has 0 saturated heterocycles. The molecular weight excluding hydrogens is 236 g/mol. The smallest absolute Gasteiger partial charge is 0.407 e. The normalized spacial score (nSPS) is 27.9. The number of hydrogen-bond donors (Lipinski definition) is 3. The molecule has 0 aliphatic heterocycles. The molecule has 0 spiro atoms. The van der Waals surface area contributed by atoms with Gasteiger partial charge in [-0.1, -0.05) is 0 Å². The van der Waals surface area contributed by atoms with Gasteiger partial charge in [0.25, 0.3) is 0 Å². The van der Waals surface area contributed by atoms with E-state index >= 15 is 0 Å². The second-order valence-electron chi connectivity index (χ2n) is 5.83. The van der Waals surface area contributed by atoms with Crippen LogP contribution in [0.3, 0.4) is 0 Å². The van der Waals surface area contributed by atoms with Crippen LogP contribution in [0.15, 0.2) is 0 Å². The number of carbonyl (C=O) groups is 2. The molecule has 0 unspecified atom stereocenters. The highest BCUT2D eigenvalue weighted by Crippen LogP contribution is 2.29. The minimum Gasteiger partial charge on any atom is -0.481 e. The van der Waals surface area contributed by atoms with Crippen LogP contribution in [0, 0.1) is 11.8 Å². The van der Waals surface area contributed by atoms with E-state index in [0.717, 1.165) is 0 Å². The molecular formula is C12H22N2O4. The monoisotopic (exact) mass is 258 g/mol. The molecule has 4 N–H and O–H groups in total. The lowest BCUT2D eigenvalue weighted by Crippen LogP contribution is -2.35. The molecule has 1 amide bonds. The summed E-state index contributed by atoms with van der Waals surface area (Å²) in [5, 5.41) is 11.6. The van der Waals surface area contributed by atoms with Crippen molar-refractivity contribution in [2.45, 2.75) is 45.3 Å². The topological polar surface area (TPSA) is 102 Å². The van der Waals surface area contributed by atoms with Crippen molar-refractivity contribution in [1.29, 1.82) is 0 Å². The molecule has 0 aromatic rings. The van der Waals surface area contributed by atoms with E-state index in [9.17, 15) is 9.59 Å². The Hall–Kier alpha value is -1.30. The number of ether oxygens (including phenoxy) is 1. The summed E-state index contributed by atoms with van der Waals surface area (Å²) in [5.41, 5.74) is 5.23. The summed E-state index contributed by atoms with van der Waals surface area (Å²) < 4.78 is 5.10. The summed E-state index contributed by atoms with van der Waals surface area (Å²) in [6.07, 6.45) is 0.647. The van der Waals surface area contributed by atoms with E-state index in [1.54, 1.807) is 20.8 Å². The van der Waals surface area contributed by atoms with E-state index in [4.69, 9.17) is 15.6 Å². The summed E-state index contributed by atoms with van der Waals surface area (Å²) >= 11 is 0. The van der Waals surface area contributed by atoms with Crippen LogP contribution in [0.4, 0.5) is 4.79 Å². The standard InChI is InChI=1S/C12H22N2O4/c1-12(2,3)18-11(17)14-6-7-4-8(10(15)16)9(13)5-7/h7-9H,4-6,13H2,1-3H3,(H,14,17)(H,15,16)/t7-,8+,9+/m0/s1. The molecule has 0 radical (unpaired) electrons. The first kappa shape index (κ1) is 14.8. The van der Waals surface area contributed by atoms with E-state index in [-0.39, 0.29) is 12.0 Å². The number of carboxylic acids is 1. The second-order valence-corrected chi connectivity index (χ2v) is 5.83. The van der Waals surface area contributed by atoms with Crippen LogP contribution in [0.5, 0.6) is 0 Å². The number of carbonyl (C=O) groups excluding carboxylic acids is 1. The Morgan fingerprint density at radius 2 is 2.00 bits per heavy atom. The van der Waals surface area contributed by atoms with Gasteiger partial charge in [-0.25, -0.2) is 4.79 Å². The molecule has 0 aromatic carbocycles. The number of alkyl carbamates (subject to hydrolysis) is 1. The summed E-state index contributed by atoms with van der Waals surface area (Å²) in [6, 6.07) is -0.326. The first-order valence-corrected chi connectivity index (χ1v) is 6.14. The lowest BCUT2D eigenvalue weighted by Gasteiger charge is -2.20. The third kappa shape index (κ3) is 4.52. The van der Waals surface area contributed by atoms with E-state index < -0.39 is 23.6 Å². The molecule has 1 rings (SSSR count). The molecule has 6 nitrogen and oxygen atoms in total. The predicted molar refractivity (Wildman–Crippen MR) is 66.1 cm³/mol. The minimum atomic E-state index is -0.859. The Bertz CT molecular complexity index is 325. The zero-order chi connectivity index (χ0) is 13.9. The minimum absolute atomic E-state index is 0.105. The molecule has 6 heteroatoms. The van der Waals surface area contributed by atoms with Crippen molar-refractivity contribution in [1.82, 2.24) is 5.32 Å². The predicted octanol–water partition coefficient (Wildman–Crippen LogP) is 0.949. The van der Waals surface area contributed by atoms with E-state index in [0.29, 0.717) is 19.4 Å². The maximum Gasteiger partial charge on any atom is 0.407 e. The molecule has 0 aromatic heterocycles. The summed E-state index contributed by atoms with van der Waals surface area (Å²) in [5.74, 6) is -1.26. The SMILES string of the molecule is CC(C)(C)OC(=O)NC[C@@H]1C[C@@H](N)[C@H](C(=O)O)C1. The molecule has 1 fully saturated rings. The van der Waals surface area contributed by atoms with Gasteiger partial charge in [0.15, 0.2) is 0 Å². The van der Waals surface area contributed by atoms with Crippen LogP contribution in [0.1, 0.15) is 33.6 Å². The Balaban J connectivity index is 2.33. The van der Waals surface area contributed by atoms with E-state index in [2.05, 4.69) is 5.32 Å². The molecule has 3 atom stereocenters. The van der Waals surface area contributed by atoms with Crippen molar-refractivity contribution in [3.8, 4) is 0 Å². The first-order valence-electron chi connectivity index (χ1n) is 6.14. The van der Waals surface area contributed by atoms with Crippen molar-refractivity contribution in [2.75, 3.05) is 6.54 Å². The van der Waals surface area contributed by atoms with E-state index in [1.165, 1.54) is 0 Å². The van der Waals surface area contributed by atoms with Gasteiger partial charge in [0.2, 0.25) is 0 Å². The fraction of sp³-hybridized carbons (Fsp3) is 0.833. The van der Waals surface area contributed by atoms with Gasteiger partial charge in [0, 0.05) is 12.6 Å². The van der Waals surface area contributed by atoms with Crippen LogP contribution in [0.25, 0.3) is 0 Å². The maximum atomic E-state index is 11.4. The van der Waals surface area contributed by atoms with Crippen LogP contribution in [-0.2, 0) is 9.53 Å². The largest absolute Gasteiger partial charge is 0.481 e. The van der Waals surface area contributed by atoms with Gasteiger partial charge in [-0.05, 0) is 39.5 Å². The molecule has 0 bridgehead atoms. The highest BCUT2D eigenvalue weighted by molar-refractivity contribution is 5.71. The first-order chi connectivity index (χ1) is 8.19. The zero-order valence-corrected chi connectivity index (χ0v) is 11.1. The van der Waals surface area contributed by atoms with Crippen molar-refractivity contribution < 1.29 is 19.4 Å². The number of nitrogens with two attached hydrogens (primary N) is 1. The van der Waals surface area contributed by atoms with Crippen LogP contribution in [-0.4, -0.2) is 35.4 Å². The highest BCUT2D eigenvalue weighted by atomic mass is 16.6. The van der Waals surface area contributed by atoms with Crippen LogP contribution in [0.2, 0.25) is 0 Å². The Labute approximate surface area is 107 Å². The van der Waals surface area contributed by atoms with Gasteiger partial charge in [-0.15, -0.1) is 0 Å². The van der Waals surface area contributed by atoms with Gasteiger partial charge >= 0.3 is 12.1 Å².